The van der Waals surface area contributed by atoms with Crippen molar-refractivity contribution in [1.82, 2.24) is 14.7 Å². The molecule has 2 aromatic rings. The van der Waals surface area contributed by atoms with Crippen LogP contribution in [0.15, 0.2) is 18.2 Å². The van der Waals surface area contributed by atoms with Crippen molar-refractivity contribution < 1.29 is 9.53 Å². The van der Waals surface area contributed by atoms with Crippen LogP contribution in [0.3, 0.4) is 0 Å². The molecule has 1 saturated heterocycles. The van der Waals surface area contributed by atoms with Gasteiger partial charge in [-0.15, -0.1) is 0 Å². The fraction of sp³-hybridized carbons (Fsp3) is 0.500. The Kier molecular flexibility index (Phi) is 6.40. The van der Waals surface area contributed by atoms with Gasteiger partial charge in [0.25, 0.3) is 0 Å². The molecule has 0 aliphatic carbocycles. The minimum absolute atomic E-state index is 0.0610. The van der Waals surface area contributed by atoms with E-state index in [1.807, 2.05) is 43.9 Å². The third kappa shape index (κ3) is 4.23. The number of anilines is 1. The lowest BCUT2D eigenvalue weighted by atomic mass is 10.1. The van der Waals surface area contributed by atoms with Crippen LogP contribution < -0.4 is 9.64 Å². The lowest BCUT2D eigenvalue weighted by Gasteiger charge is -2.36. The van der Waals surface area contributed by atoms with Crippen molar-refractivity contribution in [1.29, 1.82) is 0 Å². The Morgan fingerprint density at radius 3 is 2.46 bits per heavy atom. The van der Waals surface area contributed by atoms with E-state index in [0.29, 0.717) is 28.9 Å². The van der Waals surface area contributed by atoms with Gasteiger partial charge in [-0.1, -0.05) is 37.0 Å². The fourth-order valence-electron chi connectivity index (χ4n) is 3.36. The summed E-state index contributed by atoms with van der Waals surface area (Å²) >= 11 is 12.5. The van der Waals surface area contributed by atoms with Gasteiger partial charge in [0.05, 0.1) is 28.5 Å². The van der Waals surface area contributed by atoms with Crippen molar-refractivity contribution in [2.45, 2.75) is 33.2 Å². The van der Waals surface area contributed by atoms with Crippen molar-refractivity contribution in [3.8, 4) is 5.75 Å². The number of halogens is 2. The van der Waals surface area contributed by atoms with Gasteiger partial charge in [-0.05, 0) is 25.0 Å². The predicted octanol–water partition coefficient (Wildman–Crippen LogP) is 3.98. The van der Waals surface area contributed by atoms with Crippen LogP contribution in [-0.2, 0) is 11.3 Å². The molecule has 1 amide bonds. The number of carbonyl (C=O) groups excluding carboxylic acids is 1. The van der Waals surface area contributed by atoms with E-state index in [4.69, 9.17) is 27.9 Å². The van der Waals surface area contributed by atoms with Crippen LogP contribution in [-0.4, -0.2) is 53.9 Å². The van der Waals surface area contributed by atoms with E-state index in [1.54, 1.807) is 11.8 Å². The lowest BCUT2D eigenvalue weighted by molar-refractivity contribution is -0.132. The molecule has 152 valence electrons. The maximum atomic E-state index is 12.8. The second-order valence-corrected chi connectivity index (χ2v) is 8.07. The number of ether oxygens (including phenoxy) is 1. The van der Waals surface area contributed by atoms with Crippen molar-refractivity contribution in [3.05, 3.63) is 39.6 Å². The first-order valence-corrected chi connectivity index (χ1v) is 10.2. The number of piperazine rings is 1. The normalized spacial score (nSPS) is 14.7. The zero-order chi connectivity index (χ0) is 20.4. The third-order valence-electron chi connectivity index (χ3n) is 5.12. The van der Waals surface area contributed by atoms with Crippen LogP contribution in [0, 0.1) is 6.92 Å². The summed E-state index contributed by atoms with van der Waals surface area (Å²) in [6.07, 6.45) is 0. The molecule has 2 heterocycles. The summed E-state index contributed by atoms with van der Waals surface area (Å²) in [6.45, 7) is 9.05. The minimum Gasteiger partial charge on any atom is -0.495 e. The van der Waals surface area contributed by atoms with Gasteiger partial charge >= 0.3 is 0 Å². The second kappa shape index (κ2) is 8.62. The smallest absolute Gasteiger partial charge is 0.244 e. The SMILES string of the molecule is COc1cc(N2CCN(C(=O)Cn3nc(C(C)C)c(Cl)c3C)CC2)ccc1Cl. The van der Waals surface area contributed by atoms with Gasteiger partial charge in [0.1, 0.15) is 12.3 Å². The molecule has 8 heteroatoms. The Hall–Kier alpha value is -1.92. The van der Waals surface area contributed by atoms with E-state index in [1.165, 1.54) is 0 Å². The van der Waals surface area contributed by atoms with E-state index in [2.05, 4.69) is 10.00 Å². The number of carbonyl (C=O) groups is 1. The quantitative estimate of drug-likeness (QED) is 0.727. The predicted molar refractivity (Wildman–Crippen MR) is 113 cm³/mol. The lowest BCUT2D eigenvalue weighted by Crippen LogP contribution is -2.49. The molecule has 0 radical (unpaired) electrons. The topological polar surface area (TPSA) is 50.6 Å². The molecule has 3 rings (SSSR count). The average Bonchev–Trinajstić information content (AvgIpc) is 2.97. The van der Waals surface area contributed by atoms with Crippen molar-refractivity contribution in [2.75, 3.05) is 38.2 Å². The van der Waals surface area contributed by atoms with Gasteiger partial charge in [0.2, 0.25) is 5.91 Å². The first-order chi connectivity index (χ1) is 13.3. The number of amides is 1. The highest BCUT2D eigenvalue weighted by Crippen LogP contribution is 2.30. The number of aromatic nitrogens is 2. The molecule has 28 heavy (non-hydrogen) atoms. The number of hydrogen-bond donors (Lipinski definition) is 0. The van der Waals surface area contributed by atoms with Crippen molar-refractivity contribution in [2.24, 2.45) is 0 Å². The van der Waals surface area contributed by atoms with E-state index in [-0.39, 0.29) is 18.4 Å². The largest absolute Gasteiger partial charge is 0.495 e. The molecule has 1 aromatic heterocycles. The fourth-order valence-corrected chi connectivity index (χ4v) is 3.91. The summed E-state index contributed by atoms with van der Waals surface area (Å²) in [4.78, 5) is 16.9. The number of hydrogen-bond acceptors (Lipinski definition) is 4. The van der Waals surface area contributed by atoms with Gasteiger partial charge in [-0.25, -0.2) is 0 Å². The molecule has 1 aliphatic heterocycles. The summed E-state index contributed by atoms with van der Waals surface area (Å²) in [5.74, 6) is 0.943. The summed E-state index contributed by atoms with van der Waals surface area (Å²) in [5.41, 5.74) is 2.73. The second-order valence-electron chi connectivity index (χ2n) is 7.28. The summed E-state index contributed by atoms with van der Waals surface area (Å²) in [6, 6.07) is 5.75. The summed E-state index contributed by atoms with van der Waals surface area (Å²) < 4.78 is 7.02. The van der Waals surface area contributed by atoms with E-state index in [0.717, 1.165) is 30.2 Å². The third-order valence-corrected chi connectivity index (χ3v) is 5.90. The van der Waals surface area contributed by atoms with Crippen molar-refractivity contribution in [3.63, 3.8) is 0 Å². The molecule has 1 aromatic carbocycles. The Labute approximate surface area is 176 Å². The van der Waals surface area contributed by atoms with Crippen LogP contribution in [0.1, 0.15) is 31.2 Å². The number of nitrogens with zero attached hydrogens (tertiary/aromatic N) is 4. The molecule has 6 nitrogen and oxygen atoms in total. The van der Waals surface area contributed by atoms with Crippen LogP contribution in [0.25, 0.3) is 0 Å². The van der Waals surface area contributed by atoms with E-state index < -0.39 is 0 Å². The number of rotatable bonds is 5. The molecule has 1 fully saturated rings. The molecule has 0 bridgehead atoms. The molecule has 0 N–H and O–H groups in total. The summed E-state index contributed by atoms with van der Waals surface area (Å²) in [5, 5.41) is 5.78. The Morgan fingerprint density at radius 2 is 1.89 bits per heavy atom. The van der Waals surface area contributed by atoms with Crippen LogP contribution in [0.4, 0.5) is 5.69 Å². The molecule has 0 spiro atoms. The molecule has 0 saturated carbocycles. The highest BCUT2D eigenvalue weighted by Gasteiger charge is 2.24. The van der Waals surface area contributed by atoms with Crippen molar-refractivity contribution >= 4 is 34.8 Å². The highest BCUT2D eigenvalue weighted by atomic mass is 35.5. The van der Waals surface area contributed by atoms with Gasteiger partial charge in [-0.2, -0.15) is 5.10 Å². The van der Waals surface area contributed by atoms with Crippen LogP contribution in [0.2, 0.25) is 10.0 Å². The first kappa shape index (κ1) is 20.8. The molecular formula is C20H26Cl2N4O2. The van der Waals surface area contributed by atoms with Gasteiger partial charge in [0, 0.05) is 37.9 Å². The van der Waals surface area contributed by atoms with Crippen LogP contribution in [0.5, 0.6) is 5.75 Å². The molecular weight excluding hydrogens is 399 g/mol. The molecule has 1 aliphatic rings. The van der Waals surface area contributed by atoms with E-state index >= 15 is 0 Å². The average molecular weight is 425 g/mol. The summed E-state index contributed by atoms with van der Waals surface area (Å²) in [7, 11) is 1.61. The Bertz CT molecular complexity index is 858. The standard InChI is InChI=1S/C20H26Cl2N4O2/c1-13(2)20-19(22)14(3)26(23-20)12-18(27)25-9-7-24(8-10-25)15-5-6-16(21)17(11-15)28-4/h5-6,11,13H,7-10,12H2,1-4H3. The maximum Gasteiger partial charge on any atom is 0.244 e. The zero-order valence-corrected chi connectivity index (χ0v) is 18.2. The first-order valence-electron chi connectivity index (χ1n) is 9.40. The Morgan fingerprint density at radius 1 is 1.21 bits per heavy atom. The van der Waals surface area contributed by atoms with Gasteiger partial charge in [0.15, 0.2) is 0 Å². The maximum absolute atomic E-state index is 12.8. The van der Waals surface area contributed by atoms with Gasteiger partial charge < -0.3 is 14.5 Å². The number of methoxy groups -OCH3 is 1. The molecule has 0 unspecified atom stereocenters. The molecule has 0 atom stereocenters. The number of benzene rings is 1. The van der Waals surface area contributed by atoms with Gasteiger partial charge in [-0.3, -0.25) is 9.48 Å². The van der Waals surface area contributed by atoms with E-state index in [9.17, 15) is 4.79 Å². The zero-order valence-electron chi connectivity index (χ0n) is 16.7. The monoisotopic (exact) mass is 424 g/mol. The van der Waals surface area contributed by atoms with Crippen LogP contribution >= 0.6 is 23.2 Å². The highest BCUT2D eigenvalue weighted by molar-refractivity contribution is 6.32. The Balaban J connectivity index is 1.62. The minimum atomic E-state index is 0.0610.